The molecule has 5 N–H and O–H groups in total. The Kier molecular flexibility index (Phi) is 12.1. The number of aliphatic hydroxyl groups is 3. The number of thioether (sulfide) groups is 1. The number of ether oxygens (including phenoxy) is 2. The number of carbonyl (C=O) groups is 1. The summed E-state index contributed by atoms with van der Waals surface area (Å²) in [4.78, 5) is 13.3. The lowest BCUT2D eigenvalue weighted by atomic mass is 9.92. The molecule has 13 heteroatoms. The third-order valence-corrected chi connectivity index (χ3v) is 8.05. The highest BCUT2D eigenvalue weighted by molar-refractivity contribution is 7.99. The number of aliphatic hydroxyl groups excluding tert-OH is 3. The smallest absolute Gasteiger partial charge is 0.240 e. The van der Waals surface area contributed by atoms with Crippen LogP contribution in [0.2, 0.25) is 0 Å². The highest BCUT2D eigenvalue weighted by Gasteiger charge is 2.49. The van der Waals surface area contributed by atoms with Crippen molar-refractivity contribution in [1.29, 1.82) is 0 Å². The molecule has 2 saturated heterocycles. The Morgan fingerprint density at radius 1 is 1.21 bits per heavy atom. The third-order valence-electron chi connectivity index (χ3n) is 6.92. The lowest BCUT2D eigenvalue weighted by Gasteiger charge is -2.44. The summed E-state index contributed by atoms with van der Waals surface area (Å²) in [6, 6.07) is 5.07. The lowest BCUT2D eigenvalue weighted by molar-refractivity contribution is -0.205. The number of hydrogen-bond donors (Lipinski definition) is 5. The van der Waals surface area contributed by atoms with Crippen molar-refractivity contribution >= 4 is 47.0 Å². The Balaban J connectivity index is 0.00000127. The van der Waals surface area contributed by atoms with Crippen LogP contribution < -0.4 is 10.6 Å². The van der Waals surface area contributed by atoms with E-state index in [4.69, 9.17) is 21.1 Å². The van der Waals surface area contributed by atoms with Gasteiger partial charge in [0.25, 0.3) is 0 Å². The van der Waals surface area contributed by atoms with E-state index in [1.807, 2.05) is 6.08 Å². The molecule has 3 aliphatic heterocycles. The molecule has 10 atom stereocenters. The molecule has 1 aromatic carbocycles. The average molecular weight is 597 g/mol. The van der Waals surface area contributed by atoms with Gasteiger partial charge in [0.2, 0.25) is 5.91 Å². The van der Waals surface area contributed by atoms with Crippen LogP contribution in [0.15, 0.2) is 30.3 Å². The Labute approximate surface area is 235 Å². The van der Waals surface area contributed by atoms with Gasteiger partial charge >= 0.3 is 0 Å². The fraction of sp³-hybridized carbons (Fsp3) is 0.640. The van der Waals surface area contributed by atoms with Crippen LogP contribution in [0.3, 0.4) is 0 Å². The SMILES string of the molecule is CSC1O[C@H]([C@H](NC(=O)[C@H]2NC[C@@H]3C=C(c4ccccc4F)CCO[C@@H]23)[C@H](C)Cl)C(O)[C@@H](O)[C@H]1O.CSF. The first-order chi connectivity index (χ1) is 18.1. The van der Waals surface area contributed by atoms with E-state index >= 15 is 0 Å². The molecule has 3 heterocycles. The number of amides is 1. The second-order valence-electron chi connectivity index (χ2n) is 9.35. The molecule has 214 valence electrons. The first-order valence-corrected chi connectivity index (χ1v) is 15.1. The molecule has 0 saturated carbocycles. The van der Waals surface area contributed by atoms with Crippen LogP contribution in [-0.4, -0.2) is 100 Å². The summed E-state index contributed by atoms with van der Waals surface area (Å²) in [5, 5.41) is 36.4. The van der Waals surface area contributed by atoms with E-state index in [0.29, 0.717) is 25.1 Å². The van der Waals surface area contributed by atoms with Gasteiger partial charge in [-0.25, -0.2) is 4.39 Å². The van der Waals surface area contributed by atoms with Crippen molar-refractivity contribution in [3.05, 3.63) is 41.7 Å². The van der Waals surface area contributed by atoms with Crippen LogP contribution in [0, 0.1) is 11.7 Å². The van der Waals surface area contributed by atoms with E-state index in [1.165, 1.54) is 24.1 Å². The standard InChI is InChI=1S/C24H32ClFN2O6S.CH3FS/c1-11(25)16(22-19(30)18(29)20(31)24(34-22)35-2)28-23(32)17-21-13(10-27-17)9-12(7-8-33-21)14-5-3-4-6-15(14)26;1-3-2/h3-6,9,11,13,16-22,24,27,29-31H,7-8,10H2,1-2H3,(H,28,32);1H3/t11-,13-,16+,17-,18+,19?,20+,21+,22+,24?;/m0./s1. The lowest BCUT2D eigenvalue weighted by Crippen LogP contribution is -2.65. The van der Waals surface area contributed by atoms with Crippen molar-refractivity contribution in [3.63, 3.8) is 0 Å². The number of nitrogens with one attached hydrogen (secondary N) is 2. The van der Waals surface area contributed by atoms with E-state index in [1.54, 1.807) is 31.4 Å². The maximum Gasteiger partial charge on any atom is 0.240 e. The average Bonchev–Trinajstić information content (AvgIpc) is 3.17. The number of benzene rings is 1. The number of rotatable bonds is 6. The normalized spacial score (nSPS) is 34.6. The highest BCUT2D eigenvalue weighted by atomic mass is 35.5. The number of hydrogen-bond acceptors (Lipinski definition) is 9. The maximum atomic E-state index is 14.3. The van der Waals surface area contributed by atoms with E-state index in [0.717, 1.165) is 5.57 Å². The Hall–Kier alpha value is -0.960. The zero-order chi connectivity index (χ0) is 28.0. The quantitative estimate of drug-likeness (QED) is 0.315. The Morgan fingerprint density at radius 2 is 1.89 bits per heavy atom. The largest absolute Gasteiger partial charge is 0.388 e. The zero-order valence-corrected chi connectivity index (χ0v) is 23.7. The summed E-state index contributed by atoms with van der Waals surface area (Å²) in [6.45, 7) is 2.47. The first-order valence-electron chi connectivity index (χ1n) is 12.3. The predicted octanol–water partition coefficient (Wildman–Crippen LogP) is 2.10. The van der Waals surface area contributed by atoms with Crippen molar-refractivity contribution in [2.75, 3.05) is 25.7 Å². The summed E-state index contributed by atoms with van der Waals surface area (Å²) < 4.78 is 36.4. The summed E-state index contributed by atoms with van der Waals surface area (Å²) in [5.41, 5.74) is 0.600. The summed E-state index contributed by atoms with van der Waals surface area (Å²) >= 11 is 7.82. The van der Waals surface area contributed by atoms with Gasteiger partial charge in [0.15, 0.2) is 0 Å². The molecular formula is C25H35ClF2N2O6S2. The highest BCUT2D eigenvalue weighted by Crippen LogP contribution is 2.33. The van der Waals surface area contributed by atoms with Crippen LogP contribution in [0.25, 0.3) is 5.57 Å². The van der Waals surface area contributed by atoms with Crippen LogP contribution >= 0.6 is 35.5 Å². The van der Waals surface area contributed by atoms with Gasteiger partial charge in [-0.3, -0.25) is 4.79 Å². The first kappa shape index (κ1) is 31.6. The van der Waals surface area contributed by atoms with Gasteiger partial charge in [-0.15, -0.1) is 23.4 Å². The Morgan fingerprint density at radius 3 is 2.53 bits per heavy atom. The molecule has 2 unspecified atom stereocenters. The maximum absolute atomic E-state index is 14.3. The topological polar surface area (TPSA) is 120 Å². The summed E-state index contributed by atoms with van der Waals surface area (Å²) in [6.07, 6.45) is -0.0509. The van der Waals surface area contributed by atoms with Gasteiger partial charge in [-0.1, -0.05) is 24.3 Å². The van der Waals surface area contributed by atoms with Crippen molar-refractivity contribution < 1.29 is 37.9 Å². The molecule has 38 heavy (non-hydrogen) atoms. The third kappa shape index (κ3) is 7.21. The van der Waals surface area contributed by atoms with Crippen molar-refractivity contribution in [3.8, 4) is 0 Å². The minimum Gasteiger partial charge on any atom is -0.388 e. The van der Waals surface area contributed by atoms with Crippen LogP contribution in [0.4, 0.5) is 8.28 Å². The van der Waals surface area contributed by atoms with Gasteiger partial charge < -0.3 is 35.4 Å². The summed E-state index contributed by atoms with van der Waals surface area (Å²) in [7, 11) is 0. The monoisotopic (exact) mass is 596 g/mol. The fourth-order valence-corrected chi connectivity index (χ4v) is 5.91. The van der Waals surface area contributed by atoms with Gasteiger partial charge in [-0.05, 0) is 31.2 Å². The van der Waals surface area contributed by atoms with Crippen molar-refractivity contribution in [1.82, 2.24) is 10.6 Å². The number of halogens is 3. The molecule has 2 fully saturated rings. The van der Waals surface area contributed by atoms with E-state index < -0.39 is 53.4 Å². The number of alkyl halides is 1. The molecule has 0 aliphatic carbocycles. The second-order valence-corrected chi connectivity index (χ2v) is 11.3. The van der Waals surface area contributed by atoms with Crippen LogP contribution in [-0.2, 0) is 14.3 Å². The fourth-order valence-electron chi connectivity index (χ4n) is 5.03. The van der Waals surface area contributed by atoms with Gasteiger partial charge in [0.1, 0.15) is 41.7 Å². The van der Waals surface area contributed by atoms with Crippen molar-refractivity contribution in [2.45, 2.75) is 66.8 Å². The molecule has 8 nitrogen and oxygen atoms in total. The molecule has 1 amide bonds. The van der Waals surface area contributed by atoms with E-state index in [-0.39, 0.29) is 29.8 Å². The van der Waals surface area contributed by atoms with Gasteiger partial charge in [0, 0.05) is 36.4 Å². The molecule has 0 bridgehead atoms. The van der Waals surface area contributed by atoms with Crippen LogP contribution in [0.5, 0.6) is 0 Å². The molecule has 4 rings (SSSR count). The van der Waals surface area contributed by atoms with Gasteiger partial charge in [-0.2, -0.15) is 3.89 Å². The molecule has 3 aliphatic rings. The Bertz CT molecular complexity index is 962. The molecule has 1 aromatic rings. The van der Waals surface area contributed by atoms with Gasteiger partial charge in [0.05, 0.1) is 24.1 Å². The zero-order valence-electron chi connectivity index (χ0n) is 21.3. The molecule has 0 spiro atoms. The molecule has 0 radical (unpaired) electrons. The molecule has 0 aromatic heterocycles. The minimum absolute atomic E-state index is 0.135. The summed E-state index contributed by atoms with van der Waals surface area (Å²) in [5.74, 6) is -0.808. The van der Waals surface area contributed by atoms with E-state index in [9.17, 15) is 28.4 Å². The van der Waals surface area contributed by atoms with Crippen molar-refractivity contribution in [2.24, 2.45) is 5.92 Å². The predicted molar refractivity (Wildman–Crippen MR) is 146 cm³/mol. The minimum atomic E-state index is -1.44. The van der Waals surface area contributed by atoms with E-state index in [2.05, 4.69) is 10.6 Å². The number of fused-ring (bicyclic) bond motifs is 1. The second kappa shape index (κ2) is 14.6. The molecular weight excluding hydrogens is 562 g/mol. The van der Waals surface area contributed by atoms with Crippen LogP contribution in [0.1, 0.15) is 18.9 Å². The number of carbonyl (C=O) groups excluding carboxylic acids is 1.